The van der Waals surface area contributed by atoms with E-state index >= 15 is 0 Å². The second-order valence-corrected chi connectivity index (χ2v) is 5.76. The molecule has 0 bridgehead atoms. The fraction of sp³-hybridized carbons (Fsp3) is 0.562. The van der Waals surface area contributed by atoms with Gasteiger partial charge >= 0.3 is 0 Å². The fourth-order valence-electron chi connectivity index (χ4n) is 2.15. The fourth-order valence-corrected chi connectivity index (χ4v) is 2.15. The first-order chi connectivity index (χ1) is 9.15. The molecule has 19 heavy (non-hydrogen) atoms. The van der Waals surface area contributed by atoms with E-state index in [9.17, 15) is 0 Å². The van der Waals surface area contributed by atoms with Crippen molar-refractivity contribution >= 4 is 11.6 Å². The summed E-state index contributed by atoms with van der Waals surface area (Å²) in [6, 6.07) is 8.35. The first-order valence-corrected chi connectivity index (χ1v) is 7.32. The van der Waals surface area contributed by atoms with E-state index < -0.39 is 0 Å². The Bertz CT molecular complexity index is 433. The number of guanidine groups is 1. The van der Waals surface area contributed by atoms with Crippen LogP contribution in [0.3, 0.4) is 0 Å². The van der Waals surface area contributed by atoms with Crippen LogP contribution in [-0.4, -0.2) is 12.5 Å². The van der Waals surface area contributed by atoms with Crippen LogP contribution in [0.2, 0.25) is 0 Å². The summed E-state index contributed by atoms with van der Waals surface area (Å²) in [7, 11) is 0. The maximum Gasteiger partial charge on any atom is 0.193 e. The van der Waals surface area contributed by atoms with Crippen molar-refractivity contribution in [3.8, 4) is 0 Å². The van der Waals surface area contributed by atoms with E-state index in [1.807, 2.05) is 6.07 Å². The van der Waals surface area contributed by atoms with Gasteiger partial charge in [0, 0.05) is 12.2 Å². The van der Waals surface area contributed by atoms with Crippen LogP contribution < -0.4 is 11.1 Å². The van der Waals surface area contributed by atoms with Crippen LogP contribution in [0.4, 0.5) is 5.69 Å². The van der Waals surface area contributed by atoms with E-state index in [4.69, 9.17) is 5.73 Å². The number of anilines is 1. The lowest BCUT2D eigenvalue weighted by molar-refractivity contribution is 0.675. The number of benzene rings is 1. The average molecular weight is 259 g/mol. The molecule has 2 rings (SSSR count). The molecule has 1 fully saturated rings. The van der Waals surface area contributed by atoms with Gasteiger partial charge in [0.25, 0.3) is 0 Å². The van der Waals surface area contributed by atoms with Crippen molar-refractivity contribution in [2.75, 3.05) is 11.9 Å². The number of nitrogens with zero attached hydrogens (tertiary/aromatic N) is 1. The molecule has 3 N–H and O–H groups in total. The quantitative estimate of drug-likeness (QED) is 0.464. The molecule has 1 aliphatic carbocycles. The number of rotatable bonds is 6. The molecule has 1 aromatic rings. The van der Waals surface area contributed by atoms with Crippen molar-refractivity contribution < 1.29 is 0 Å². The van der Waals surface area contributed by atoms with Crippen molar-refractivity contribution in [1.82, 2.24) is 0 Å². The lowest BCUT2D eigenvalue weighted by atomic mass is 10.0. The Balaban J connectivity index is 1.81. The third-order valence-corrected chi connectivity index (χ3v) is 3.58. The molecule has 0 heterocycles. The number of nitrogens with two attached hydrogens (primary N) is 1. The Morgan fingerprint density at radius 3 is 2.89 bits per heavy atom. The van der Waals surface area contributed by atoms with E-state index in [2.05, 4.69) is 42.4 Å². The van der Waals surface area contributed by atoms with Crippen molar-refractivity contribution in [2.24, 2.45) is 16.6 Å². The third kappa shape index (κ3) is 4.93. The minimum Gasteiger partial charge on any atom is -0.370 e. The molecule has 3 nitrogen and oxygen atoms in total. The topological polar surface area (TPSA) is 50.4 Å². The van der Waals surface area contributed by atoms with Crippen molar-refractivity contribution in [1.29, 1.82) is 0 Å². The number of aliphatic imine (C=N–C) groups is 1. The van der Waals surface area contributed by atoms with Gasteiger partial charge in [-0.3, -0.25) is 4.99 Å². The largest absolute Gasteiger partial charge is 0.370 e. The van der Waals surface area contributed by atoms with Gasteiger partial charge in [-0.1, -0.05) is 38.8 Å². The smallest absolute Gasteiger partial charge is 0.193 e. The van der Waals surface area contributed by atoms with Gasteiger partial charge < -0.3 is 11.1 Å². The summed E-state index contributed by atoms with van der Waals surface area (Å²) in [5.74, 6) is 2.03. The summed E-state index contributed by atoms with van der Waals surface area (Å²) in [6.07, 6.45) is 5.29. The molecule has 1 aliphatic rings. The van der Waals surface area contributed by atoms with Crippen LogP contribution in [0.25, 0.3) is 0 Å². The molecule has 0 radical (unpaired) electrons. The first-order valence-electron chi connectivity index (χ1n) is 7.32. The molecule has 0 spiro atoms. The van der Waals surface area contributed by atoms with Crippen LogP contribution >= 0.6 is 0 Å². The van der Waals surface area contributed by atoms with E-state index in [-0.39, 0.29) is 0 Å². The van der Waals surface area contributed by atoms with Gasteiger partial charge in [0.1, 0.15) is 0 Å². The van der Waals surface area contributed by atoms with Gasteiger partial charge in [0.2, 0.25) is 0 Å². The van der Waals surface area contributed by atoms with Gasteiger partial charge in [-0.15, -0.1) is 0 Å². The Hall–Kier alpha value is -1.51. The highest BCUT2D eigenvalue weighted by molar-refractivity contribution is 5.92. The molecule has 0 amide bonds. The summed E-state index contributed by atoms with van der Waals surface area (Å²) in [4.78, 5) is 4.38. The molecule has 0 unspecified atom stereocenters. The zero-order valence-electron chi connectivity index (χ0n) is 12.0. The molecule has 0 atom stereocenters. The molecule has 1 saturated carbocycles. The molecular formula is C16H25N3. The highest BCUT2D eigenvalue weighted by Crippen LogP contribution is 2.33. The highest BCUT2D eigenvalue weighted by Gasteiger charge is 2.19. The Morgan fingerprint density at radius 1 is 1.42 bits per heavy atom. The van der Waals surface area contributed by atoms with Crippen LogP contribution in [0.5, 0.6) is 0 Å². The molecule has 1 aromatic carbocycles. The summed E-state index contributed by atoms with van der Waals surface area (Å²) in [5, 5.41) is 3.17. The van der Waals surface area contributed by atoms with Gasteiger partial charge in [-0.25, -0.2) is 0 Å². The number of nitrogens with one attached hydrogen (secondary N) is 1. The highest BCUT2D eigenvalue weighted by atomic mass is 15.1. The first kappa shape index (κ1) is 13.9. The van der Waals surface area contributed by atoms with Gasteiger partial charge in [0.15, 0.2) is 5.96 Å². The second-order valence-electron chi connectivity index (χ2n) is 5.76. The van der Waals surface area contributed by atoms with Gasteiger partial charge in [-0.2, -0.15) is 0 Å². The standard InChI is InChI=1S/C16H25N3/c1-12(2)14-6-3-7-15(11-14)19-16(17)18-10-4-5-13-8-9-13/h3,6-7,11-13H,4-5,8-10H2,1-2H3,(H3,17,18,19). The van der Waals surface area contributed by atoms with E-state index in [0.29, 0.717) is 11.9 Å². The zero-order chi connectivity index (χ0) is 13.7. The summed E-state index contributed by atoms with van der Waals surface area (Å²) >= 11 is 0. The normalized spacial score (nSPS) is 15.8. The van der Waals surface area contributed by atoms with E-state index in [1.54, 1.807) is 0 Å². The predicted molar refractivity (Wildman–Crippen MR) is 82.6 cm³/mol. The van der Waals surface area contributed by atoms with Gasteiger partial charge in [0.05, 0.1) is 0 Å². The molecule has 104 valence electrons. The molecular weight excluding hydrogens is 234 g/mol. The maximum absolute atomic E-state index is 5.90. The minimum absolute atomic E-state index is 0.525. The lowest BCUT2D eigenvalue weighted by Crippen LogP contribution is -2.22. The molecule has 0 saturated heterocycles. The zero-order valence-corrected chi connectivity index (χ0v) is 12.0. The average Bonchev–Trinajstić information content (AvgIpc) is 3.19. The third-order valence-electron chi connectivity index (χ3n) is 3.58. The Kier molecular flexibility index (Phi) is 4.83. The Labute approximate surface area is 116 Å². The molecule has 3 heteroatoms. The number of hydrogen-bond acceptors (Lipinski definition) is 1. The van der Waals surface area contributed by atoms with Crippen molar-refractivity contribution in [3.63, 3.8) is 0 Å². The van der Waals surface area contributed by atoms with E-state index in [1.165, 1.54) is 24.8 Å². The summed E-state index contributed by atoms with van der Waals surface area (Å²) < 4.78 is 0. The summed E-state index contributed by atoms with van der Waals surface area (Å²) in [5.41, 5.74) is 8.24. The van der Waals surface area contributed by atoms with Crippen molar-refractivity contribution in [3.05, 3.63) is 29.8 Å². The SMILES string of the molecule is CC(C)c1cccc(NC(N)=NCCCC2CC2)c1. The van der Waals surface area contributed by atoms with Crippen LogP contribution in [0.1, 0.15) is 51.0 Å². The van der Waals surface area contributed by atoms with Crippen LogP contribution in [0, 0.1) is 5.92 Å². The Morgan fingerprint density at radius 2 is 2.21 bits per heavy atom. The van der Waals surface area contributed by atoms with E-state index in [0.717, 1.165) is 24.6 Å². The molecule has 0 aromatic heterocycles. The minimum atomic E-state index is 0.525. The maximum atomic E-state index is 5.90. The number of hydrogen-bond donors (Lipinski definition) is 2. The summed E-state index contributed by atoms with van der Waals surface area (Å²) in [6.45, 7) is 5.21. The van der Waals surface area contributed by atoms with Crippen LogP contribution in [-0.2, 0) is 0 Å². The lowest BCUT2D eigenvalue weighted by Gasteiger charge is -2.09. The van der Waals surface area contributed by atoms with Crippen LogP contribution in [0.15, 0.2) is 29.3 Å². The monoisotopic (exact) mass is 259 g/mol. The predicted octanol–water partition coefficient (Wildman–Crippen LogP) is 3.73. The van der Waals surface area contributed by atoms with Gasteiger partial charge in [-0.05, 0) is 42.4 Å². The van der Waals surface area contributed by atoms with Crippen molar-refractivity contribution in [2.45, 2.75) is 45.4 Å². The molecule has 0 aliphatic heterocycles. The second kappa shape index (κ2) is 6.60.